The van der Waals surface area contributed by atoms with Gasteiger partial charge in [-0.25, -0.2) is 13.8 Å². The van der Waals surface area contributed by atoms with Gasteiger partial charge in [0, 0.05) is 18.5 Å². The third-order valence-corrected chi connectivity index (χ3v) is 6.13. The first-order valence-corrected chi connectivity index (χ1v) is 10.8. The number of hydrogen-bond donors (Lipinski definition) is 1. The minimum atomic E-state index is -4.01. The van der Waals surface area contributed by atoms with E-state index in [1.54, 1.807) is 60.9 Å². The molecule has 2 aromatic carbocycles. The van der Waals surface area contributed by atoms with Crippen molar-refractivity contribution in [1.29, 1.82) is 0 Å². The largest absolute Gasteiger partial charge is 0.497 e. The van der Waals surface area contributed by atoms with Gasteiger partial charge in [-0.05, 0) is 48.9 Å². The van der Waals surface area contributed by atoms with Gasteiger partial charge in [-0.3, -0.25) is 14.1 Å². The third-order valence-electron chi connectivity index (χ3n) is 4.35. The maximum atomic E-state index is 13.3. The molecule has 0 radical (unpaired) electrons. The number of sulfonamides is 1. The standard InChI is InChI=1S/C22H22N4O4S/c1-17-6-8-21(9-7-17)31(28,29)26(19-4-3-5-20(14-19)30-2)16-22(27)25-24-15-18-10-12-23-13-11-18/h3-15H,16H2,1-2H3,(H,25,27)/b24-15+. The molecular weight excluding hydrogens is 416 g/mol. The number of hydrogen-bond acceptors (Lipinski definition) is 6. The normalized spacial score (nSPS) is 11.3. The van der Waals surface area contributed by atoms with Crippen LogP contribution in [0.2, 0.25) is 0 Å². The molecule has 3 aromatic rings. The summed E-state index contributed by atoms with van der Waals surface area (Å²) < 4.78 is 32.9. The molecule has 0 unspecified atom stereocenters. The third kappa shape index (κ3) is 5.67. The maximum absolute atomic E-state index is 13.3. The SMILES string of the molecule is COc1cccc(N(CC(=O)N/N=C/c2ccncc2)S(=O)(=O)c2ccc(C)cc2)c1. The number of aryl methyl sites for hydroxylation is 1. The second kappa shape index (κ2) is 9.86. The smallest absolute Gasteiger partial charge is 0.264 e. The quantitative estimate of drug-likeness (QED) is 0.431. The second-order valence-corrected chi connectivity index (χ2v) is 8.46. The van der Waals surface area contributed by atoms with Crippen molar-refractivity contribution in [2.24, 2.45) is 5.10 Å². The van der Waals surface area contributed by atoms with Crippen LogP contribution in [-0.2, 0) is 14.8 Å². The Balaban J connectivity index is 1.87. The van der Waals surface area contributed by atoms with Crippen LogP contribution in [0.1, 0.15) is 11.1 Å². The summed E-state index contributed by atoms with van der Waals surface area (Å²) in [6.07, 6.45) is 4.65. The minimum absolute atomic E-state index is 0.0778. The molecule has 0 spiro atoms. The number of aromatic nitrogens is 1. The van der Waals surface area contributed by atoms with Gasteiger partial charge < -0.3 is 4.74 Å². The highest BCUT2D eigenvalue weighted by Gasteiger charge is 2.27. The number of carbonyl (C=O) groups is 1. The zero-order valence-corrected chi connectivity index (χ0v) is 17.9. The van der Waals surface area contributed by atoms with Gasteiger partial charge >= 0.3 is 0 Å². The van der Waals surface area contributed by atoms with E-state index in [2.05, 4.69) is 15.5 Å². The van der Waals surface area contributed by atoms with E-state index >= 15 is 0 Å². The van der Waals surface area contributed by atoms with Crippen molar-refractivity contribution in [2.75, 3.05) is 18.0 Å². The number of benzene rings is 2. The fraction of sp³-hybridized carbons (Fsp3) is 0.136. The average Bonchev–Trinajstić information content (AvgIpc) is 2.78. The lowest BCUT2D eigenvalue weighted by molar-refractivity contribution is -0.119. The summed E-state index contributed by atoms with van der Waals surface area (Å²) >= 11 is 0. The van der Waals surface area contributed by atoms with E-state index in [1.165, 1.54) is 25.5 Å². The van der Waals surface area contributed by atoms with E-state index in [0.717, 1.165) is 15.4 Å². The summed E-state index contributed by atoms with van der Waals surface area (Å²) in [5.41, 5.74) is 4.33. The zero-order chi connectivity index (χ0) is 22.3. The van der Waals surface area contributed by atoms with Crippen LogP contribution in [0, 0.1) is 6.92 Å². The topological polar surface area (TPSA) is 101 Å². The van der Waals surface area contributed by atoms with Gasteiger partial charge in [0.15, 0.2) is 0 Å². The lowest BCUT2D eigenvalue weighted by Gasteiger charge is -2.24. The van der Waals surface area contributed by atoms with Gasteiger partial charge in [0.1, 0.15) is 12.3 Å². The van der Waals surface area contributed by atoms with E-state index in [1.807, 2.05) is 6.92 Å². The van der Waals surface area contributed by atoms with E-state index in [4.69, 9.17) is 4.74 Å². The number of rotatable bonds is 8. The average molecular weight is 439 g/mol. The summed E-state index contributed by atoms with van der Waals surface area (Å²) in [6, 6.07) is 16.4. The van der Waals surface area contributed by atoms with Crippen molar-refractivity contribution in [1.82, 2.24) is 10.4 Å². The monoisotopic (exact) mass is 438 g/mol. The van der Waals surface area contributed by atoms with Gasteiger partial charge in [0.25, 0.3) is 15.9 Å². The van der Waals surface area contributed by atoms with Crippen molar-refractivity contribution in [3.8, 4) is 5.75 Å². The first-order valence-electron chi connectivity index (χ1n) is 9.35. The van der Waals surface area contributed by atoms with Gasteiger partial charge in [-0.2, -0.15) is 5.10 Å². The van der Waals surface area contributed by atoms with Crippen LogP contribution in [0.3, 0.4) is 0 Å². The van der Waals surface area contributed by atoms with Crippen molar-refractivity contribution in [3.63, 3.8) is 0 Å². The van der Waals surface area contributed by atoms with E-state index < -0.39 is 22.5 Å². The van der Waals surface area contributed by atoms with E-state index in [9.17, 15) is 13.2 Å². The van der Waals surface area contributed by atoms with Crippen LogP contribution in [-0.4, -0.2) is 39.2 Å². The summed E-state index contributed by atoms with van der Waals surface area (Å²) in [4.78, 5) is 16.5. The molecule has 1 amide bonds. The number of pyridine rings is 1. The Morgan fingerprint density at radius 3 is 2.52 bits per heavy atom. The van der Waals surface area contributed by atoms with Crippen LogP contribution < -0.4 is 14.5 Å². The summed E-state index contributed by atoms with van der Waals surface area (Å²) in [5, 5.41) is 3.89. The highest BCUT2D eigenvalue weighted by molar-refractivity contribution is 7.92. The molecule has 9 heteroatoms. The molecule has 0 saturated carbocycles. The Hall–Kier alpha value is -3.72. The number of ether oxygens (including phenoxy) is 1. The summed E-state index contributed by atoms with van der Waals surface area (Å²) in [5.74, 6) is -0.124. The van der Waals surface area contributed by atoms with Crippen molar-refractivity contribution < 1.29 is 17.9 Å². The van der Waals surface area contributed by atoms with Crippen LogP contribution >= 0.6 is 0 Å². The molecule has 0 fully saturated rings. The molecule has 0 saturated heterocycles. The van der Waals surface area contributed by atoms with Crippen LogP contribution in [0.15, 0.2) is 83.1 Å². The molecule has 0 aliphatic carbocycles. The van der Waals surface area contributed by atoms with Crippen molar-refractivity contribution in [3.05, 3.63) is 84.2 Å². The number of anilines is 1. The molecule has 0 aliphatic rings. The number of carbonyl (C=O) groups excluding carboxylic acids is 1. The Bertz CT molecular complexity index is 1160. The molecule has 1 aromatic heterocycles. The molecule has 3 rings (SSSR count). The van der Waals surface area contributed by atoms with Gasteiger partial charge in [-0.1, -0.05) is 23.8 Å². The van der Waals surface area contributed by atoms with E-state index in [-0.39, 0.29) is 4.90 Å². The van der Waals surface area contributed by atoms with Crippen LogP contribution in [0.25, 0.3) is 0 Å². The number of amides is 1. The molecule has 0 atom stereocenters. The lowest BCUT2D eigenvalue weighted by atomic mass is 10.2. The predicted octanol–water partition coefficient (Wildman–Crippen LogP) is 2.74. The number of nitrogens with one attached hydrogen (secondary N) is 1. The minimum Gasteiger partial charge on any atom is -0.497 e. The highest BCUT2D eigenvalue weighted by atomic mass is 32.2. The Kier molecular flexibility index (Phi) is 6.99. The maximum Gasteiger partial charge on any atom is 0.264 e. The first kappa shape index (κ1) is 22.0. The summed E-state index contributed by atoms with van der Waals surface area (Å²) in [6.45, 7) is 1.40. The highest BCUT2D eigenvalue weighted by Crippen LogP contribution is 2.27. The number of methoxy groups -OCH3 is 1. The number of nitrogens with zero attached hydrogens (tertiary/aromatic N) is 3. The molecule has 160 valence electrons. The van der Waals surface area contributed by atoms with Gasteiger partial charge in [0.05, 0.1) is 23.9 Å². The molecule has 31 heavy (non-hydrogen) atoms. The van der Waals surface area contributed by atoms with Crippen LogP contribution in [0.4, 0.5) is 5.69 Å². The number of hydrazone groups is 1. The van der Waals surface area contributed by atoms with Gasteiger partial charge in [-0.15, -0.1) is 0 Å². The molecule has 0 aliphatic heterocycles. The first-order chi connectivity index (χ1) is 14.9. The summed E-state index contributed by atoms with van der Waals surface area (Å²) in [7, 11) is -2.53. The van der Waals surface area contributed by atoms with Gasteiger partial charge in [0.2, 0.25) is 0 Å². The Morgan fingerprint density at radius 2 is 1.84 bits per heavy atom. The fourth-order valence-corrected chi connectivity index (χ4v) is 4.13. The fourth-order valence-electron chi connectivity index (χ4n) is 2.71. The Morgan fingerprint density at radius 1 is 1.13 bits per heavy atom. The van der Waals surface area contributed by atoms with Crippen molar-refractivity contribution >= 4 is 27.8 Å². The molecule has 1 heterocycles. The molecular formula is C22H22N4O4S. The Labute approximate surface area is 181 Å². The molecule has 1 N–H and O–H groups in total. The second-order valence-electron chi connectivity index (χ2n) is 6.60. The predicted molar refractivity (Wildman–Crippen MR) is 119 cm³/mol. The lowest BCUT2D eigenvalue weighted by Crippen LogP contribution is -2.39. The van der Waals surface area contributed by atoms with Crippen molar-refractivity contribution in [2.45, 2.75) is 11.8 Å². The molecule has 8 nitrogen and oxygen atoms in total. The van der Waals surface area contributed by atoms with E-state index in [0.29, 0.717) is 11.4 Å². The molecule has 0 bridgehead atoms. The van der Waals surface area contributed by atoms with Crippen LogP contribution in [0.5, 0.6) is 5.75 Å². The zero-order valence-electron chi connectivity index (χ0n) is 17.1.